The van der Waals surface area contributed by atoms with E-state index in [1.54, 1.807) is 24.3 Å². The number of carbonyl (C=O) groups excluding carboxylic acids is 1. The topological polar surface area (TPSA) is 74.6 Å². The third-order valence-corrected chi connectivity index (χ3v) is 5.52. The molecule has 0 fully saturated rings. The van der Waals surface area contributed by atoms with Gasteiger partial charge in [-0.25, -0.2) is 9.78 Å². The van der Waals surface area contributed by atoms with Crippen molar-refractivity contribution >= 4 is 23.2 Å². The number of amides is 2. The molecule has 0 atom stereocenters. The van der Waals surface area contributed by atoms with Gasteiger partial charge in [0.05, 0.1) is 6.20 Å². The van der Waals surface area contributed by atoms with Crippen LogP contribution in [0.25, 0.3) is 28.0 Å². The molecule has 0 bridgehead atoms. The minimum atomic E-state index is -0.111. The third-order valence-electron chi connectivity index (χ3n) is 5.52. The Hall–Kier alpha value is -3.87. The van der Waals surface area contributed by atoms with Crippen LogP contribution in [-0.2, 0) is 6.54 Å². The zero-order valence-electron chi connectivity index (χ0n) is 18.7. The summed E-state index contributed by atoms with van der Waals surface area (Å²) < 4.78 is 2.04. The highest BCUT2D eigenvalue weighted by atomic mass is 16.2. The minimum Gasteiger partial charge on any atom is -0.365 e. The largest absolute Gasteiger partial charge is 0.365 e. The van der Waals surface area contributed by atoms with Crippen molar-refractivity contribution in [1.82, 2.24) is 19.3 Å². The number of nitrogens with zero attached hydrogens (tertiary/aromatic N) is 4. The van der Waals surface area contributed by atoms with E-state index < -0.39 is 0 Å². The molecule has 0 aliphatic carbocycles. The Morgan fingerprint density at radius 1 is 1.03 bits per heavy atom. The van der Waals surface area contributed by atoms with E-state index in [9.17, 15) is 4.79 Å². The Bertz CT molecular complexity index is 1320. The second kappa shape index (κ2) is 7.37. The van der Waals surface area contributed by atoms with Crippen LogP contribution in [0.2, 0.25) is 0 Å². The lowest BCUT2D eigenvalue weighted by Gasteiger charge is -2.26. The van der Waals surface area contributed by atoms with Crippen molar-refractivity contribution in [3.8, 4) is 22.4 Å². The fourth-order valence-electron chi connectivity index (χ4n) is 3.97. The first-order valence-electron chi connectivity index (χ1n) is 10.6. The van der Waals surface area contributed by atoms with Crippen molar-refractivity contribution in [2.45, 2.75) is 32.9 Å². The van der Waals surface area contributed by atoms with Crippen molar-refractivity contribution in [3.05, 3.63) is 66.6 Å². The van der Waals surface area contributed by atoms with Gasteiger partial charge in [-0.05, 0) is 49.6 Å². The van der Waals surface area contributed by atoms with Crippen LogP contribution in [0.1, 0.15) is 26.3 Å². The molecule has 2 aromatic heterocycles. The Kier molecular flexibility index (Phi) is 4.62. The molecule has 5 rings (SSSR count). The minimum absolute atomic E-state index is 0.0723. The van der Waals surface area contributed by atoms with E-state index in [0.717, 1.165) is 45.1 Å². The van der Waals surface area contributed by atoms with Crippen LogP contribution in [0.4, 0.5) is 16.3 Å². The number of imidazole rings is 1. The smallest absolute Gasteiger partial charge is 0.321 e. The lowest BCUT2D eigenvalue weighted by Crippen LogP contribution is -2.35. The van der Waals surface area contributed by atoms with E-state index in [1.165, 1.54) is 0 Å². The SMILES string of the molecule is CN1Cc2cc(-c3ccc(-c4nc5cnccn5c4NC(C)(C)C)cc3)ccc2NC1=O. The highest BCUT2D eigenvalue weighted by Gasteiger charge is 2.21. The number of hydrogen-bond acceptors (Lipinski definition) is 4. The number of urea groups is 1. The monoisotopic (exact) mass is 426 g/mol. The Morgan fingerprint density at radius 2 is 1.75 bits per heavy atom. The lowest BCUT2D eigenvalue weighted by atomic mass is 9.99. The van der Waals surface area contributed by atoms with Gasteiger partial charge >= 0.3 is 6.03 Å². The zero-order valence-corrected chi connectivity index (χ0v) is 18.7. The molecular weight excluding hydrogens is 400 g/mol. The number of benzene rings is 2. The normalized spacial score (nSPS) is 13.8. The average molecular weight is 427 g/mol. The van der Waals surface area contributed by atoms with Crippen LogP contribution in [0, 0.1) is 0 Å². The number of aromatic nitrogens is 3. The standard InChI is InChI=1S/C25H26N6O/c1-25(2,3)29-23-22(28-21-14-26-11-12-31(21)23)17-7-5-16(6-8-17)18-9-10-20-19(13-18)15-30(4)24(32)27-20/h5-14,29H,15H2,1-4H3,(H,27,32). The fraction of sp³-hybridized carbons (Fsp3) is 0.240. The van der Waals surface area contributed by atoms with Crippen molar-refractivity contribution in [2.75, 3.05) is 17.7 Å². The van der Waals surface area contributed by atoms with Crippen LogP contribution in [0.15, 0.2) is 61.1 Å². The molecule has 0 saturated carbocycles. The summed E-state index contributed by atoms with van der Waals surface area (Å²) in [6.07, 6.45) is 5.47. The summed E-state index contributed by atoms with van der Waals surface area (Å²) in [5.41, 5.74) is 6.85. The van der Waals surface area contributed by atoms with Gasteiger partial charge in [0.25, 0.3) is 0 Å². The zero-order chi connectivity index (χ0) is 22.5. The second-order valence-corrected chi connectivity index (χ2v) is 9.22. The first kappa shape index (κ1) is 20.1. The predicted octanol–water partition coefficient (Wildman–Crippen LogP) is 5.25. The van der Waals surface area contributed by atoms with Gasteiger partial charge in [0.15, 0.2) is 5.65 Å². The number of anilines is 2. The summed E-state index contributed by atoms with van der Waals surface area (Å²) in [5, 5.41) is 6.51. The number of fused-ring (bicyclic) bond motifs is 2. The van der Waals surface area contributed by atoms with Gasteiger partial charge < -0.3 is 15.5 Å². The van der Waals surface area contributed by atoms with Crippen LogP contribution in [0.3, 0.4) is 0 Å². The van der Waals surface area contributed by atoms with Crippen LogP contribution < -0.4 is 10.6 Å². The molecule has 0 spiro atoms. The van der Waals surface area contributed by atoms with Crippen molar-refractivity contribution in [1.29, 1.82) is 0 Å². The number of carbonyl (C=O) groups is 1. The highest BCUT2D eigenvalue weighted by molar-refractivity contribution is 5.92. The Balaban J connectivity index is 1.51. The van der Waals surface area contributed by atoms with Crippen molar-refractivity contribution in [3.63, 3.8) is 0 Å². The van der Waals surface area contributed by atoms with E-state index in [4.69, 9.17) is 4.98 Å². The predicted molar refractivity (Wildman–Crippen MR) is 128 cm³/mol. The van der Waals surface area contributed by atoms with E-state index >= 15 is 0 Å². The van der Waals surface area contributed by atoms with E-state index in [-0.39, 0.29) is 11.6 Å². The van der Waals surface area contributed by atoms with Gasteiger partial charge in [0.1, 0.15) is 11.5 Å². The lowest BCUT2D eigenvalue weighted by molar-refractivity contribution is 0.218. The number of hydrogen-bond donors (Lipinski definition) is 2. The summed E-state index contributed by atoms with van der Waals surface area (Å²) in [7, 11) is 1.80. The van der Waals surface area contributed by atoms with Gasteiger partial charge in [-0.15, -0.1) is 0 Å². The Labute approximate surface area is 187 Å². The molecule has 32 heavy (non-hydrogen) atoms. The fourth-order valence-corrected chi connectivity index (χ4v) is 3.97. The molecule has 2 N–H and O–H groups in total. The second-order valence-electron chi connectivity index (χ2n) is 9.22. The molecule has 162 valence electrons. The summed E-state index contributed by atoms with van der Waals surface area (Å²) in [4.78, 5) is 22.6. The van der Waals surface area contributed by atoms with Crippen LogP contribution in [0.5, 0.6) is 0 Å². The van der Waals surface area contributed by atoms with Crippen LogP contribution in [-0.4, -0.2) is 37.9 Å². The summed E-state index contributed by atoms with van der Waals surface area (Å²) in [6.45, 7) is 7.01. The Morgan fingerprint density at radius 3 is 2.50 bits per heavy atom. The van der Waals surface area contributed by atoms with Gasteiger partial charge in [0, 0.05) is 42.8 Å². The number of nitrogens with one attached hydrogen (secondary N) is 2. The summed E-state index contributed by atoms with van der Waals surface area (Å²) in [6, 6.07) is 14.5. The van der Waals surface area contributed by atoms with Gasteiger partial charge in [0.2, 0.25) is 0 Å². The van der Waals surface area contributed by atoms with E-state index in [2.05, 4.69) is 66.7 Å². The molecule has 3 heterocycles. The molecule has 7 heteroatoms. The van der Waals surface area contributed by atoms with Crippen molar-refractivity contribution < 1.29 is 4.79 Å². The maximum absolute atomic E-state index is 11.9. The third kappa shape index (κ3) is 3.66. The van der Waals surface area contributed by atoms with Gasteiger partial charge in [-0.2, -0.15) is 0 Å². The molecular formula is C25H26N6O. The quantitative estimate of drug-likeness (QED) is 0.469. The molecule has 0 radical (unpaired) electrons. The van der Waals surface area contributed by atoms with Crippen molar-refractivity contribution in [2.24, 2.45) is 0 Å². The van der Waals surface area contributed by atoms with E-state index in [1.807, 2.05) is 22.7 Å². The molecule has 1 aliphatic rings. The molecule has 4 aromatic rings. The summed E-state index contributed by atoms with van der Waals surface area (Å²) in [5.74, 6) is 0.954. The maximum atomic E-state index is 11.9. The summed E-state index contributed by atoms with van der Waals surface area (Å²) >= 11 is 0. The van der Waals surface area contributed by atoms with Gasteiger partial charge in [-0.1, -0.05) is 30.3 Å². The average Bonchev–Trinajstić information content (AvgIpc) is 3.11. The first-order valence-corrected chi connectivity index (χ1v) is 10.6. The molecule has 0 unspecified atom stereocenters. The number of rotatable bonds is 3. The molecule has 2 amide bonds. The maximum Gasteiger partial charge on any atom is 0.321 e. The van der Waals surface area contributed by atoms with Crippen LogP contribution >= 0.6 is 0 Å². The molecule has 7 nitrogen and oxygen atoms in total. The van der Waals surface area contributed by atoms with Gasteiger partial charge in [-0.3, -0.25) is 9.38 Å². The van der Waals surface area contributed by atoms with E-state index in [0.29, 0.717) is 6.54 Å². The molecule has 0 saturated heterocycles. The first-order chi connectivity index (χ1) is 15.3. The highest BCUT2D eigenvalue weighted by Crippen LogP contribution is 2.33. The molecule has 2 aromatic carbocycles. The molecule has 1 aliphatic heterocycles.